The van der Waals surface area contributed by atoms with E-state index in [-0.39, 0.29) is 23.8 Å². The zero-order chi connectivity index (χ0) is 18.5. The van der Waals surface area contributed by atoms with Crippen molar-refractivity contribution in [3.8, 4) is 11.3 Å². The number of H-pyrrole nitrogens is 1. The maximum atomic E-state index is 12.8. The van der Waals surface area contributed by atoms with E-state index in [2.05, 4.69) is 20.5 Å². The molecule has 2 N–H and O–H groups in total. The molecule has 26 heavy (non-hydrogen) atoms. The topological polar surface area (TPSA) is 91.0 Å². The highest BCUT2D eigenvalue weighted by molar-refractivity contribution is 5.94. The van der Waals surface area contributed by atoms with Crippen molar-refractivity contribution in [3.63, 3.8) is 0 Å². The highest BCUT2D eigenvalue weighted by Crippen LogP contribution is 2.21. The van der Waals surface area contributed by atoms with Gasteiger partial charge in [0.25, 0.3) is 5.91 Å². The van der Waals surface area contributed by atoms with E-state index in [0.717, 1.165) is 24.8 Å². The van der Waals surface area contributed by atoms with E-state index in [1.807, 2.05) is 26.0 Å². The molecule has 0 bridgehead atoms. The summed E-state index contributed by atoms with van der Waals surface area (Å²) in [7, 11) is 0. The Morgan fingerprint density at radius 2 is 2.31 bits per heavy atom. The van der Waals surface area contributed by atoms with Crippen LogP contribution < -0.4 is 5.32 Å². The second-order valence-electron chi connectivity index (χ2n) is 6.82. The van der Waals surface area contributed by atoms with E-state index >= 15 is 0 Å². The Hall–Kier alpha value is -2.70. The molecule has 7 heteroatoms. The van der Waals surface area contributed by atoms with Gasteiger partial charge in [-0.15, -0.1) is 0 Å². The summed E-state index contributed by atoms with van der Waals surface area (Å²) in [5.41, 5.74) is 1.98. The highest BCUT2D eigenvalue weighted by atomic mass is 16.2. The second kappa shape index (κ2) is 8.12. The van der Waals surface area contributed by atoms with Crippen molar-refractivity contribution >= 4 is 11.8 Å². The van der Waals surface area contributed by atoms with Crippen molar-refractivity contribution in [2.45, 2.75) is 39.2 Å². The summed E-state index contributed by atoms with van der Waals surface area (Å²) >= 11 is 0. The number of hydrogen-bond donors (Lipinski definition) is 2. The molecular weight excluding hydrogens is 330 g/mol. The first-order chi connectivity index (χ1) is 12.6. The Balaban J connectivity index is 1.66. The van der Waals surface area contributed by atoms with Gasteiger partial charge in [-0.05, 0) is 44.4 Å². The van der Waals surface area contributed by atoms with Crippen LogP contribution in [0.15, 0.2) is 30.6 Å². The van der Waals surface area contributed by atoms with Crippen LogP contribution in [0.5, 0.6) is 0 Å². The molecule has 1 aliphatic rings. The van der Waals surface area contributed by atoms with Gasteiger partial charge in [-0.25, -0.2) is 0 Å². The summed E-state index contributed by atoms with van der Waals surface area (Å²) in [5, 5.41) is 10.1. The number of hydrogen-bond acceptors (Lipinski definition) is 4. The van der Waals surface area contributed by atoms with Crippen LogP contribution in [0.25, 0.3) is 11.3 Å². The molecule has 7 nitrogen and oxygen atoms in total. The number of piperidine rings is 1. The van der Waals surface area contributed by atoms with E-state index in [0.29, 0.717) is 24.5 Å². The van der Waals surface area contributed by atoms with Crippen LogP contribution in [0.3, 0.4) is 0 Å². The largest absolute Gasteiger partial charge is 0.353 e. The first-order valence-corrected chi connectivity index (χ1v) is 9.14. The van der Waals surface area contributed by atoms with Crippen molar-refractivity contribution < 1.29 is 9.59 Å². The predicted octanol–water partition coefficient (Wildman–Crippen LogP) is 2.24. The molecule has 2 aromatic heterocycles. The first kappa shape index (κ1) is 18.1. The van der Waals surface area contributed by atoms with Crippen LogP contribution in [0.1, 0.15) is 43.6 Å². The monoisotopic (exact) mass is 355 g/mol. The van der Waals surface area contributed by atoms with Crippen LogP contribution >= 0.6 is 0 Å². The van der Waals surface area contributed by atoms with Gasteiger partial charge in [-0.1, -0.05) is 6.92 Å². The van der Waals surface area contributed by atoms with Crippen LogP contribution in [0.4, 0.5) is 0 Å². The molecule has 1 aliphatic heterocycles. The number of rotatable bonds is 5. The van der Waals surface area contributed by atoms with E-state index in [9.17, 15) is 9.59 Å². The highest BCUT2D eigenvalue weighted by Gasteiger charge is 2.30. The summed E-state index contributed by atoms with van der Waals surface area (Å²) < 4.78 is 0. The molecule has 0 spiro atoms. The summed E-state index contributed by atoms with van der Waals surface area (Å²) in [6.45, 7) is 5.14. The van der Waals surface area contributed by atoms with E-state index in [1.165, 1.54) is 0 Å². The molecule has 1 saturated heterocycles. The normalized spacial score (nSPS) is 18.4. The average molecular weight is 355 g/mol. The number of aromatic nitrogens is 3. The number of amides is 2. The zero-order valence-corrected chi connectivity index (χ0v) is 15.2. The maximum absolute atomic E-state index is 12.8. The molecule has 2 aromatic rings. The summed E-state index contributed by atoms with van der Waals surface area (Å²) in [5.74, 6) is -0.228. The predicted molar refractivity (Wildman–Crippen MR) is 98.3 cm³/mol. The molecule has 2 amide bonds. The lowest BCUT2D eigenvalue weighted by Gasteiger charge is -2.32. The molecule has 3 heterocycles. The van der Waals surface area contributed by atoms with Gasteiger partial charge >= 0.3 is 0 Å². The van der Waals surface area contributed by atoms with Gasteiger partial charge in [-0.2, -0.15) is 5.10 Å². The average Bonchev–Trinajstić information content (AvgIpc) is 3.18. The lowest BCUT2D eigenvalue weighted by Crippen LogP contribution is -2.47. The third-order valence-corrected chi connectivity index (χ3v) is 4.85. The molecular formula is C19H25N5O2. The third-order valence-electron chi connectivity index (χ3n) is 4.85. The number of pyridine rings is 1. The van der Waals surface area contributed by atoms with Crippen molar-refractivity contribution in [3.05, 3.63) is 36.3 Å². The Bertz CT molecular complexity index is 758. The Kier molecular flexibility index (Phi) is 5.65. The fourth-order valence-corrected chi connectivity index (χ4v) is 3.10. The van der Waals surface area contributed by atoms with Gasteiger partial charge in [0.15, 0.2) is 0 Å². The molecule has 0 unspecified atom stereocenters. The summed E-state index contributed by atoms with van der Waals surface area (Å²) in [4.78, 5) is 31.0. The van der Waals surface area contributed by atoms with Gasteiger partial charge in [0.2, 0.25) is 5.91 Å². The zero-order valence-electron chi connectivity index (χ0n) is 15.2. The smallest absolute Gasteiger partial charge is 0.271 e. The van der Waals surface area contributed by atoms with Gasteiger partial charge in [-0.3, -0.25) is 19.7 Å². The van der Waals surface area contributed by atoms with Crippen LogP contribution in [0.2, 0.25) is 0 Å². The number of carbonyl (C=O) groups is 2. The van der Waals surface area contributed by atoms with E-state index in [1.54, 1.807) is 23.4 Å². The van der Waals surface area contributed by atoms with Gasteiger partial charge in [0.1, 0.15) is 5.69 Å². The lowest BCUT2D eigenvalue weighted by atomic mass is 9.96. The van der Waals surface area contributed by atoms with E-state index < -0.39 is 0 Å². The number of nitrogens with one attached hydrogen (secondary N) is 2. The molecule has 0 saturated carbocycles. The Labute approximate surface area is 153 Å². The fourth-order valence-electron chi connectivity index (χ4n) is 3.10. The maximum Gasteiger partial charge on any atom is 0.271 e. The van der Waals surface area contributed by atoms with Gasteiger partial charge in [0, 0.05) is 37.1 Å². The first-order valence-electron chi connectivity index (χ1n) is 9.14. The molecule has 3 rings (SSSR count). The van der Waals surface area contributed by atoms with Crippen LogP contribution in [-0.4, -0.2) is 51.0 Å². The fraction of sp³-hybridized carbons (Fsp3) is 0.474. The van der Waals surface area contributed by atoms with Gasteiger partial charge in [0.05, 0.1) is 11.6 Å². The van der Waals surface area contributed by atoms with Crippen molar-refractivity contribution in [2.24, 2.45) is 5.92 Å². The minimum atomic E-state index is -0.151. The quantitative estimate of drug-likeness (QED) is 0.860. The standard InChI is InChI=1S/C19H25N5O2/c1-3-13(2)21-18(25)15-7-5-9-24(12-15)19(26)17-10-16(22-23-17)14-6-4-8-20-11-14/h4,6,8,10-11,13,15H,3,5,7,9,12H2,1-2H3,(H,21,25)(H,22,23)/t13-,15-/m1/s1. The Morgan fingerprint density at radius 1 is 1.46 bits per heavy atom. The lowest BCUT2D eigenvalue weighted by molar-refractivity contribution is -0.126. The summed E-state index contributed by atoms with van der Waals surface area (Å²) in [6, 6.07) is 5.62. The number of likely N-dealkylation sites (tertiary alicyclic amines) is 1. The van der Waals surface area contributed by atoms with E-state index in [4.69, 9.17) is 0 Å². The SMILES string of the molecule is CC[C@@H](C)NC(=O)[C@@H]1CCCN(C(=O)c2cc(-c3cccnc3)n[nH]2)C1. The summed E-state index contributed by atoms with van der Waals surface area (Å²) in [6.07, 6.45) is 5.94. The van der Waals surface area contributed by atoms with Crippen LogP contribution in [-0.2, 0) is 4.79 Å². The van der Waals surface area contributed by atoms with Crippen molar-refractivity contribution in [1.82, 2.24) is 25.4 Å². The minimum Gasteiger partial charge on any atom is -0.353 e. The molecule has 0 aromatic carbocycles. The second-order valence-corrected chi connectivity index (χ2v) is 6.82. The van der Waals surface area contributed by atoms with Crippen molar-refractivity contribution in [2.75, 3.05) is 13.1 Å². The molecule has 138 valence electrons. The molecule has 1 fully saturated rings. The number of aromatic amines is 1. The van der Waals surface area contributed by atoms with Crippen molar-refractivity contribution in [1.29, 1.82) is 0 Å². The number of carbonyl (C=O) groups excluding carboxylic acids is 2. The molecule has 0 aliphatic carbocycles. The third kappa shape index (κ3) is 4.09. The van der Waals surface area contributed by atoms with Crippen LogP contribution in [0, 0.1) is 5.92 Å². The van der Waals surface area contributed by atoms with Gasteiger partial charge < -0.3 is 10.2 Å². The number of nitrogens with zero attached hydrogens (tertiary/aromatic N) is 3. The molecule has 2 atom stereocenters. The Morgan fingerprint density at radius 3 is 3.04 bits per heavy atom. The minimum absolute atomic E-state index is 0.0394. The molecule has 0 radical (unpaired) electrons.